The summed E-state index contributed by atoms with van der Waals surface area (Å²) in [5, 5.41) is 2.89. The first-order chi connectivity index (χ1) is 12.6. The average Bonchev–Trinajstić information content (AvgIpc) is 3.18. The van der Waals surface area contributed by atoms with Crippen molar-refractivity contribution in [1.29, 1.82) is 0 Å². The highest BCUT2D eigenvalue weighted by Gasteiger charge is 2.36. The quantitative estimate of drug-likeness (QED) is 0.757. The van der Waals surface area contributed by atoms with Gasteiger partial charge in [-0.1, -0.05) is 13.8 Å². The molecule has 0 spiro atoms. The summed E-state index contributed by atoms with van der Waals surface area (Å²) in [6.45, 7) is 8.13. The highest BCUT2D eigenvalue weighted by molar-refractivity contribution is 5.91. The zero-order chi connectivity index (χ0) is 18.5. The van der Waals surface area contributed by atoms with Crippen molar-refractivity contribution in [3.63, 3.8) is 0 Å². The molecular weight excluding hydrogens is 330 g/mol. The summed E-state index contributed by atoms with van der Waals surface area (Å²) in [6.07, 6.45) is 5.47. The van der Waals surface area contributed by atoms with E-state index in [-0.39, 0.29) is 11.8 Å². The molecule has 3 rings (SSSR count). The van der Waals surface area contributed by atoms with Crippen LogP contribution in [0.1, 0.15) is 44.1 Å². The molecule has 2 amide bonds. The Hall–Kier alpha value is -2.08. The molecule has 0 radical (unpaired) electrons. The van der Waals surface area contributed by atoms with Crippen LogP contribution in [0.3, 0.4) is 0 Å². The number of nitrogens with zero attached hydrogens (tertiary/aromatic N) is 2. The largest absolute Gasteiger partial charge is 0.461 e. The molecule has 2 fully saturated rings. The predicted octanol–water partition coefficient (Wildman–Crippen LogP) is 2.09. The van der Waals surface area contributed by atoms with Crippen molar-refractivity contribution in [2.24, 2.45) is 5.92 Å². The summed E-state index contributed by atoms with van der Waals surface area (Å²) in [5.41, 5.74) is 0. The Bertz CT molecular complexity index is 659. The SMILES string of the molecule is CCCNC(=O)CN1CCN(C(=O)/C=C/c2ccc(C3CC3C)o2)CC1. The molecular formula is C20H29N3O3. The van der Waals surface area contributed by atoms with Crippen molar-refractivity contribution in [3.05, 3.63) is 29.7 Å². The fourth-order valence-electron chi connectivity index (χ4n) is 3.28. The Morgan fingerprint density at radius 2 is 2.00 bits per heavy atom. The molecule has 26 heavy (non-hydrogen) atoms. The summed E-state index contributed by atoms with van der Waals surface area (Å²) >= 11 is 0. The van der Waals surface area contributed by atoms with Crippen molar-refractivity contribution in [2.75, 3.05) is 39.3 Å². The molecule has 0 aromatic carbocycles. The van der Waals surface area contributed by atoms with Gasteiger partial charge in [0.2, 0.25) is 11.8 Å². The molecule has 1 aliphatic carbocycles. The summed E-state index contributed by atoms with van der Waals surface area (Å²) in [4.78, 5) is 28.0. The van der Waals surface area contributed by atoms with E-state index in [0.29, 0.717) is 31.5 Å². The van der Waals surface area contributed by atoms with E-state index >= 15 is 0 Å². The third-order valence-electron chi connectivity index (χ3n) is 5.14. The first-order valence-electron chi connectivity index (χ1n) is 9.62. The van der Waals surface area contributed by atoms with E-state index in [1.807, 2.05) is 24.0 Å². The number of hydrogen-bond donors (Lipinski definition) is 1. The third kappa shape index (κ3) is 4.97. The van der Waals surface area contributed by atoms with Gasteiger partial charge in [-0.2, -0.15) is 0 Å². The molecule has 2 atom stereocenters. The summed E-state index contributed by atoms with van der Waals surface area (Å²) in [6, 6.07) is 3.94. The average molecular weight is 359 g/mol. The van der Waals surface area contributed by atoms with Gasteiger partial charge in [-0.15, -0.1) is 0 Å². The molecule has 2 heterocycles. The number of rotatable bonds is 7. The normalized spacial score (nSPS) is 23.4. The van der Waals surface area contributed by atoms with Crippen molar-refractivity contribution < 1.29 is 14.0 Å². The Morgan fingerprint density at radius 1 is 1.27 bits per heavy atom. The minimum Gasteiger partial charge on any atom is -0.461 e. The topological polar surface area (TPSA) is 65.8 Å². The van der Waals surface area contributed by atoms with Crippen LogP contribution in [0.4, 0.5) is 0 Å². The second kappa shape index (κ2) is 8.54. The van der Waals surface area contributed by atoms with Gasteiger partial charge in [-0.25, -0.2) is 0 Å². The van der Waals surface area contributed by atoms with E-state index in [0.717, 1.165) is 37.6 Å². The molecule has 1 saturated heterocycles. The number of piperazine rings is 1. The lowest BCUT2D eigenvalue weighted by molar-refractivity contribution is -0.128. The minimum absolute atomic E-state index is 0.00201. The van der Waals surface area contributed by atoms with Gasteiger partial charge in [0.15, 0.2) is 0 Å². The van der Waals surface area contributed by atoms with Gasteiger partial charge < -0.3 is 14.6 Å². The second-order valence-corrected chi connectivity index (χ2v) is 7.34. The van der Waals surface area contributed by atoms with Crippen LogP contribution in [0.2, 0.25) is 0 Å². The zero-order valence-electron chi connectivity index (χ0n) is 15.7. The van der Waals surface area contributed by atoms with Gasteiger partial charge >= 0.3 is 0 Å². The van der Waals surface area contributed by atoms with Gasteiger partial charge in [-0.05, 0) is 37.0 Å². The van der Waals surface area contributed by atoms with Crippen molar-refractivity contribution in [3.8, 4) is 0 Å². The second-order valence-electron chi connectivity index (χ2n) is 7.34. The number of amides is 2. The molecule has 0 bridgehead atoms. The Balaban J connectivity index is 1.42. The molecule has 2 unspecified atom stereocenters. The van der Waals surface area contributed by atoms with Gasteiger partial charge in [0.25, 0.3) is 0 Å². The van der Waals surface area contributed by atoms with Crippen LogP contribution in [0.25, 0.3) is 6.08 Å². The minimum atomic E-state index is -0.00201. The van der Waals surface area contributed by atoms with Crippen molar-refractivity contribution >= 4 is 17.9 Å². The number of nitrogens with one attached hydrogen (secondary N) is 1. The monoisotopic (exact) mass is 359 g/mol. The van der Waals surface area contributed by atoms with Gasteiger partial charge in [-0.3, -0.25) is 14.5 Å². The first-order valence-corrected chi connectivity index (χ1v) is 9.62. The van der Waals surface area contributed by atoms with Crippen molar-refractivity contribution in [2.45, 2.75) is 32.6 Å². The highest BCUT2D eigenvalue weighted by Crippen LogP contribution is 2.47. The fraction of sp³-hybridized carbons (Fsp3) is 0.600. The van der Waals surface area contributed by atoms with Gasteiger partial charge in [0.05, 0.1) is 6.54 Å². The Kier molecular flexibility index (Phi) is 6.14. The molecule has 1 saturated carbocycles. The summed E-state index contributed by atoms with van der Waals surface area (Å²) in [5.74, 6) is 3.08. The molecule has 1 aliphatic heterocycles. The van der Waals surface area contributed by atoms with Crippen LogP contribution in [0, 0.1) is 5.92 Å². The van der Waals surface area contributed by atoms with E-state index < -0.39 is 0 Å². The molecule has 142 valence electrons. The zero-order valence-corrected chi connectivity index (χ0v) is 15.7. The molecule has 1 aromatic heterocycles. The van der Waals surface area contributed by atoms with Crippen LogP contribution >= 0.6 is 0 Å². The molecule has 1 aromatic rings. The number of carbonyl (C=O) groups is 2. The summed E-state index contributed by atoms with van der Waals surface area (Å²) in [7, 11) is 0. The van der Waals surface area contributed by atoms with Crippen LogP contribution in [-0.4, -0.2) is 60.9 Å². The highest BCUT2D eigenvalue weighted by atomic mass is 16.3. The first kappa shape index (κ1) is 18.7. The Morgan fingerprint density at radius 3 is 2.65 bits per heavy atom. The smallest absolute Gasteiger partial charge is 0.246 e. The lowest BCUT2D eigenvalue weighted by atomic mass is 10.2. The molecule has 6 nitrogen and oxygen atoms in total. The molecule has 2 aliphatic rings. The maximum atomic E-state index is 12.3. The number of carbonyl (C=O) groups excluding carboxylic acids is 2. The van der Waals surface area contributed by atoms with E-state index in [2.05, 4.69) is 17.1 Å². The number of hydrogen-bond acceptors (Lipinski definition) is 4. The lowest BCUT2D eigenvalue weighted by Gasteiger charge is -2.33. The third-order valence-corrected chi connectivity index (χ3v) is 5.14. The Labute approximate surface area is 155 Å². The molecule has 6 heteroatoms. The lowest BCUT2D eigenvalue weighted by Crippen LogP contribution is -2.50. The van der Waals surface area contributed by atoms with Crippen LogP contribution in [0.5, 0.6) is 0 Å². The summed E-state index contributed by atoms with van der Waals surface area (Å²) < 4.78 is 5.80. The van der Waals surface area contributed by atoms with E-state index in [4.69, 9.17) is 4.42 Å². The van der Waals surface area contributed by atoms with Crippen LogP contribution < -0.4 is 5.32 Å². The van der Waals surface area contributed by atoms with E-state index in [1.54, 1.807) is 12.2 Å². The molecule has 1 N–H and O–H groups in total. The maximum Gasteiger partial charge on any atom is 0.246 e. The van der Waals surface area contributed by atoms with Gasteiger partial charge in [0, 0.05) is 44.7 Å². The fourth-order valence-corrected chi connectivity index (χ4v) is 3.28. The van der Waals surface area contributed by atoms with Crippen LogP contribution in [-0.2, 0) is 9.59 Å². The predicted molar refractivity (Wildman–Crippen MR) is 101 cm³/mol. The number of furan rings is 1. The maximum absolute atomic E-state index is 12.3. The van der Waals surface area contributed by atoms with E-state index in [1.165, 1.54) is 6.42 Å². The van der Waals surface area contributed by atoms with Crippen LogP contribution in [0.15, 0.2) is 22.6 Å². The van der Waals surface area contributed by atoms with Crippen molar-refractivity contribution in [1.82, 2.24) is 15.1 Å². The van der Waals surface area contributed by atoms with E-state index in [9.17, 15) is 9.59 Å². The van der Waals surface area contributed by atoms with Gasteiger partial charge in [0.1, 0.15) is 11.5 Å². The standard InChI is InChI=1S/C20H29N3O3/c1-3-8-21-19(24)14-22-9-11-23(12-10-22)20(25)7-5-16-4-6-18(26-16)17-13-15(17)2/h4-7,15,17H,3,8-14H2,1-2H3,(H,21,24)/b7-5+.